The Balaban J connectivity index is 6.82. The van der Waals surface area contributed by atoms with Gasteiger partial charge in [-0.3, -0.25) is 0 Å². The molecular formula is C10H4F18O. The third kappa shape index (κ3) is 3.26. The lowest BCUT2D eigenvalue weighted by molar-refractivity contribution is -0.474. The van der Waals surface area contributed by atoms with Gasteiger partial charge in [0.15, 0.2) is 0 Å². The van der Waals surface area contributed by atoms with Crippen molar-refractivity contribution in [2.75, 3.05) is 0 Å². The second-order valence-electron chi connectivity index (χ2n) is 5.45. The zero-order chi connectivity index (χ0) is 24.5. The van der Waals surface area contributed by atoms with Crippen molar-refractivity contribution in [2.24, 2.45) is 0 Å². The molecule has 0 unspecified atom stereocenters. The van der Waals surface area contributed by atoms with E-state index in [-0.39, 0.29) is 0 Å². The lowest BCUT2D eigenvalue weighted by atomic mass is 9.87. The highest BCUT2D eigenvalue weighted by atomic mass is 19.4. The molecule has 0 aliphatic rings. The SMILES string of the molecule is CC(F)(F)C(F)(F)C(F)(F)C(F)(F)C(F)(F)C(F)(F)C(F)(F)C(F)(F)C(O)(F)F. The summed E-state index contributed by atoms with van der Waals surface area (Å²) in [6.45, 7) is -1.32. The van der Waals surface area contributed by atoms with Gasteiger partial charge in [0.2, 0.25) is 0 Å². The average molecular weight is 482 g/mol. The summed E-state index contributed by atoms with van der Waals surface area (Å²) in [5.41, 5.74) is 0. The third-order valence-corrected chi connectivity index (χ3v) is 3.30. The van der Waals surface area contributed by atoms with E-state index in [1.54, 1.807) is 0 Å². The van der Waals surface area contributed by atoms with Crippen LogP contribution >= 0.6 is 0 Å². The molecule has 1 N–H and O–H groups in total. The maximum absolute atomic E-state index is 13.1. The van der Waals surface area contributed by atoms with Crippen LogP contribution in [0.5, 0.6) is 0 Å². The summed E-state index contributed by atoms with van der Waals surface area (Å²) < 4.78 is 230. The Kier molecular flexibility index (Phi) is 6.07. The van der Waals surface area contributed by atoms with Crippen LogP contribution in [0.15, 0.2) is 0 Å². The Morgan fingerprint density at radius 3 is 0.690 bits per heavy atom. The van der Waals surface area contributed by atoms with E-state index >= 15 is 0 Å². The van der Waals surface area contributed by atoms with Crippen LogP contribution in [0.4, 0.5) is 79.0 Å². The van der Waals surface area contributed by atoms with E-state index in [1.807, 2.05) is 0 Å². The molecule has 1 nitrogen and oxygen atoms in total. The van der Waals surface area contributed by atoms with Crippen molar-refractivity contribution in [2.45, 2.75) is 60.4 Å². The molecule has 0 aromatic heterocycles. The van der Waals surface area contributed by atoms with Gasteiger partial charge in [0.1, 0.15) is 0 Å². The predicted molar refractivity (Wildman–Crippen MR) is 52.4 cm³/mol. The molecule has 0 atom stereocenters. The lowest BCUT2D eigenvalue weighted by Gasteiger charge is -2.43. The zero-order valence-corrected chi connectivity index (χ0v) is 12.8. The maximum Gasteiger partial charge on any atom is 0.423 e. The van der Waals surface area contributed by atoms with Crippen LogP contribution < -0.4 is 0 Å². The van der Waals surface area contributed by atoms with E-state index in [0.29, 0.717) is 0 Å². The van der Waals surface area contributed by atoms with Crippen molar-refractivity contribution >= 4 is 0 Å². The molecule has 19 heteroatoms. The van der Waals surface area contributed by atoms with Gasteiger partial charge in [0, 0.05) is 6.92 Å². The smallest absolute Gasteiger partial charge is 0.331 e. The molecule has 0 amide bonds. The molecule has 0 saturated carbocycles. The number of aliphatic hydroxyl groups is 1. The molecule has 0 bridgehead atoms. The van der Waals surface area contributed by atoms with Crippen LogP contribution in [0.25, 0.3) is 0 Å². The number of hydrogen-bond acceptors (Lipinski definition) is 1. The molecule has 0 aromatic rings. The van der Waals surface area contributed by atoms with E-state index in [9.17, 15) is 79.0 Å². The summed E-state index contributed by atoms with van der Waals surface area (Å²) in [4.78, 5) is 0. The first-order chi connectivity index (χ1) is 12.0. The Bertz CT molecular complexity index is 555. The molecule has 0 aliphatic heterocycles. The fourth-order valence-electron chi connectivity index (χ4n) is 1.45. The fourth-order valence-corrected chi connectivity index (χ4v) is 1.45. The first kappa shape index (κ1) is 27.7. The van der Waals surface area contributed by atoms with E-state index in [2.05, 4.69) is 0 Å². The molecule has 0 spiro atoms. The Morgan fingerprint density at radius 2 is 0.517 bits per heavy atom. The van der Waals surface area contributed by atoms with Crippen LogP contribution in [0.2, 0.25) is 0 Å². The molecule has 0 fully saturated rings. The number of halogens is 18. The van der Waals surface area contributed by atoms with Crippen molar-refractivity contribution in [1.82, 2.24) is 0 Å². The van der Waals surface area contributed by atoms with Gasteiger partial charge < -0.3 is 5.11 Å². The zero-order valence-electron chi connectivity index (χ0n) is 12.8. The summed E-state index contributed by atoms with van der Waals surface area (Å²) in [7, 11) is 0. The summed E-state index contributed by atoms with van der Waals surface area (Å²) in [5, 5.41) is 7.41. The first-order valence-corrected chi connectivity index (χ1v) is 6.13. The van der Waals surface area contributed by atoms with Crippen LogP contribution in [0, 0.1) is 0 Å². The van der Waals surface area contributed by atoms with Crippen LogP contribution in [-0.4, -0.2) is 58.6 Å². The highest BCUT2D eigenvalue weighted by molar-refractivity contribution is 5.16. The second-order valence-corrected chi connectivity index (χ2v) is 5.45. The summed E-state index contributed by atoms with van der Waals surface area (Å²) >= 11 is 0. The molecule has 0 radical (unpaired) electrons. The van der Waals surface area contributed by atoms with Crippen LogP contribution in [-0.2, 0) is 0 Å². The van der Waals surface area contributed by atoms with Crippen molar-refractivity contribution in [3.05, 3.63) is 0 Å². The molecule has 0 heterocycles. The van der Waals surface area contributed by atoms with Gasteiger partial charge in [-0.15, -0.1) is 0 Å². The second kappa shape index (κ2) is 6.35. The van der Waals surface area contributed by atoms with Gasteiger partial charge in [-0.25, -0.2) is 0 Å². The Morgan fingerprint density at radius 1 is 0.345 bits per heavy atom. The van der Waals surface area contributed by atoms with Crippen molar-refractivity contribution in [1.29, 1.82) is 0 Å². The van der Waals surface area contributed by atoms with E-state index < -0.39 is 60.4 Å². The number of hydrogen-bond donors (Lipinski definition) is 1. The minimum absolute atomic E-state index is 1.32. The average Bonchev–Trinajstić information content (AvgIpc) is 2.43. The Labute approximate surface area is 146 Å². The Hall–Kier alpha value is -1.30. The van der Waals surface area contributed by atoms with Crippen molar-refractivity contribution in [3.63, 3.8) is 0 Å². The fraction of sp³-hybridized carbons (Fsp3) is 1.00. The van der Waals surface area contributed by atoms with Crippen LogP contribution in [0.1, 0.15) is 6.92 Å². The molecule has 29 heavy (non-hydrogen) atoms. The van der Waals surface area contributed by atoms with Gasteiger partial charge >= 0.3 is 53.5 Å². The molecule has 0 aliphatic carbocycles. The topological polar surface area (TPSA) is 20.2 Å². The normalized spacial score (nSPS) is 17.0. The lowest BCUT2D eigenvalue weighted by Crippen LogP contribution is -2.75. The monoisotopic (exact) mass is 482 g/mol. The van der Waals surface area contributed by atoms with E-state index in [1.165, 1.54) is 0 Å². The molecular weight excluding hydrogens is 478 g/mol. The summed E-state index contributed by atoms with van der Waals surface area (Å²) in [5.74, 6) is -65.2. The summed E-state index contributed by atoms with van der Waals surface area (Å²) in [6, 6.07) is 0. The van der Waals surface area contributed by atoms with Gasteiger partial charge in [-0.1, -0.05) is 0 Å². The van der Waals surface area contributed by atoms with Gasteiger partial charge in [0.25, 0.3) is 0 Å². The minimum Gasteiger partial charge on any atom is -0.331 e. The minimum atomic E-state index is -8.80. The molecule has 0 saturated heterocycles. The van der Waals surface area contributed by atoms with Gasteiger partial charge in [-0.2, -0.15) is 79.0 Å². The quantitative estimate of drug-likeness (QED) is 0.442. The van der Waals surface area contributed by atoms with Crippen LogP contribution in [0.3, 0.4) is 0 Å². The van der Waals surface area contributed by atoms with E-state index in [0.717, 1.165) is 0 Å². The first-order valence-electron chi connectivity index (χ1n) is 6.13. The highest BCUT2D eigenvalue weighted by Gasteiger charge is 2.96. The predicted octanol–water partition coefficient (Wildman–Crippen LogP) is 5.67. The largest absolute Gasteiger partial charge is 0.423 e. The van der Waals surface area contributed by atoms with Crippen molar-refractivity contribution < 1.29 is 84.1 Å². The summed E-state index contributed by atoms with van der Waals surface area (Å²) in [6.07, 6.45) is -7.37. The maximum atomic E-state index is 13.1. The molecule has 0 rings (SSSR count). The van der Waals surface area contributed by atoms with Gasteiger partial charge in [0.05, 0.1) is 0 Å². The highest BCUT2D eigenvalue weighted by Crippen LogP contribution is 2.64. The third-order valence-electron chi connectivity index (χ3n) is 3.30. The van der Waals surface area contributed by atoms with E-state index in [4.69, 9.17) is 5.11 Å². The number of alkyl halides is 18. The standard InChI is InChI=1S/C10H4F18O/c1-2(11,12)3(13,14)4(15,16)5(17,18)6(19,20)7(21,22)8(23,24)9(25,26)10(27,28)29/h29H,1H3. The number of rotatable bonds is 8. The molecule has 176 valence electrons. The molecule has 0 aromatic carbocycles. The van der Waals surface area contributed by atoms with Crippen molar-refractivity contribution in [3.8, 4) is 0 Å². The van der Waals surface area contributed by atoms with Gasteiger partial charge in [-0.05, 0) is 0 Å².